The number of nitrogens with two attached hydrogens (primary N) is 3. The van der Waals surface area contributed by atoms with E-state index in [-0.39, 0.29) is 112 Å². The fraction of sp³-hybridized carbons (Fsp3) is 0.641. The average Bonchev–Trinajstić information content (AvgIpc) is 1.63. The number of aliphatic hydroxyl groups excluding tert-OH is 1. The van der Waals surface area contributed by atoms with Gasteiger partial charge < -0.3 is 104 Å². The van der Waals surface area contributed by atoms with Crippen molar-refractivity contribution in [3.8, 4) is 11.3 Å². The number of hydrogen-bond donors (Lipinski definition) is 6. The number of rotatable bonds is 31. The minimum Gasteiger partial charge on any atom is -0.461 e. The Morgan fingerprint density at radius 1 is 0.696 bits per heavy atom. The first-order valence-electron chi connectivity index (χ1n) is 44.7. The van der Waals surface area contributed by atoms with Crippen LogP contribution in [0.2, 0.25) is 0 Å². The van der Waals surface area contributed by atoms with E-state index in [4.69, 9.17) is 78.8 Å². The van der Waals surface area contributed by atoms with Crippen LogP contribution >= 0.6 is 0 Å². The second-order valence-corrected chi connectivity index (χ2v) is 34.3. The molecule has 5 aliphatic heterocycles. The first-order chi connectivity index (χ1) is 60.3. The molecule has 3 aromatic heterocycles. The van der Waals surface area contributed by atoms with Crippen molar-refractivity contribution < 1.29 is 100 Å². The van der Waals surface area contributed by atoms with Crippen LogP contribution in [0.25, 0.3) is 33.4 Å². The molecule has 8 heterocycles. The molecule has 0 spiro atoms. The predicted molar refractivity (Wildman–Crippen MR) is 466 cm³/mol. The molecule has 5 aromatic rings. The number of benzene rings is 2. The van der Waals surface area contributed by atoms with E-state index in [1.165, 1.54) is 23.9 Å². The Morgan fingerprint density at radius 3 is 2.10 bits per heavy atom. The number of esters is 1. The van der Waals surface area contributed by atoms with Gasteiger partial charge in [-0.1, -0.05) is 75.4 Å². The number of ether oxygens (including phenoxy) is 11. The number of nitrogen functional groups attached to an aromatic ring is 2. The Labute approximate surface area is 732 Å². The number of cyclic esters (lactones) is 1. The maximum Gasteiger partial charge on any atom is 0.410 e. The van der Waals surface area contributed by atoms with E-state index >= 15 is 0 Å². The van der Waals surface area contributed by atoms with E-state index in [9.17, 15) is 43.8 Å². The monoisotopic (exact) mass is 1740 g/mol. The van der Waals surface area contributed by atoms with Crippen LogP contribution in [0.5, 0.6) is 0 Å². The molecule has 11 rings (SSSR count). The lowest BCUT2D eigenvalue weighted by molar-refractivity contribution is -0.245. The molecule has 33 nitrogen and oxygen atoms in total. The summed E-state index contributed by atoms with van der Waals surface area (Å²) in [5.74, 6) is -5.52. The summed E-state index contributed by atoms with van der Waals surface area (Å²) in [5.41, 5.74) is 25.6. The molecule has 1 aliphatic carbocycles. The van der Waals surface area contributed by atoms with Gasteiger partial charge in [0, 0.05) is 77.8 Å². The molecule has 33 heteroatoms. The van der Waals surface area contributed by atoms with Crippen LogP contribution in [0, 0.1) is 23.7 Å². The molecule has 125 heavy (non-hydrogen) atoms. The van der Waals surface area contributed by atoms with Crippen molar-refractivity contribution in [2.75, 3.05) is 138 Å². The summed E-state index contributed by atoms with van der Waals surface area (Å²) in [5, 5.41) is 31.9. The Morgan fingerprint density at radius 2 is 1.40 bits per heavy atom. The fourth-order valence-corrected chi connectivity index (χ4v) is 17.6. The lowest BCUT2D eigenvalue weighted by atomic mass is 9.83. The number of nitrogens with zero attached hydrogens (tertiary/aromatic N) is 8. The number of piperidine rings is 2. The number of methoxy groups -OCH3 is 2. The number of nitrogens with one attached hydrogen (secondary N) is 1. The van der Waals surface area contributed by atoms with E-state index in [0.29, 0.717) is 209 Å². The van der Waals surface area contributed by atoms with E-state index in [1.54, 1.807) is 25.0 Å². The van der Waals surface area contributed by atoms with Gasteiger partial charge in [-0.3, -0.25) is 24.0 Å². The number of fused-ring (bicyclic) bond motifs is 6. The number of aliphatic hydroxyl groups is 2. The molecule has 3 saturated heterocycles. The summed E-state index contributed by atoms with van der Waals surface area (Å²) in [6.45, 7) is 16.3. The number of carbonyl (C=O) groups excluding carboxylic acids is 7. The van der Waals surface area contributed by atoms with Crippen LogP contribution in [-0.4, -0.2) is 271 Å². The topological polar surface area (TPSA) is 431 Å². The number of carbonyl (C=O) groups is 7. The summed E-state index contributed by atoms with van der Waals surface area (Å²) in [6, 6.07) is 10.9. The number of amides is 4. The van der Waals surface area contributed by atoms with E-state index < -0.39 is 77.6 Å². The molecule has 0 radical (unpaired) electrons. The third kappa shape index (κ3) is 27.5. The highest BCUT2D eigenvalue weighted by Crippen LogP contribution is 2.38. The molecule has 686 valence electrons. The van der Waals surface area contributed by atoms with Crippen molar-refractivity contribution in [3.63, 3.8) is 0 Å². The van der Waals surface area contributed by atoms with Crippen molar-refractivity contribution in [2.45, 2.75) is 230 Å². The number of allylic oxidation sites excluding steroid dienone is 6. The Kier molecular flexibility index (Phi) is 36.9. The van der Waals surface area contributed by atoms with Gasteiger partial charge in [-0.15, -0.1) is 0 Å². The van der Waals surface area contributed by atoms with E-state index in [2.05, 4.69) is 38.5 Å². The van der Waals surface area contributed by atoms with Gasteiger partial charge in [0.2, 0.25) is 17.6 Å². The molecule has 1 unspecified atom stereocenters. The summed E-state index contributed by atoms with van der Waals surface area (Å²) in [6.07, 6.45) is 18.1. The smallest absolute Gasteiger partial charge is 0.410 e. The lowest BCUT2D eigenvalue weighted by Crippen LogP contribution is -2.60. The normalized spacial score (nSPS) is 26.2. The zero-order valence-corrected chi connectivity index (χ0v) is 73.9. The number of aromatic nitrogens is 5. The Hall–Kier alpha value is -8.97. The second kappa shape index (κ2) is 47.7. The molecule has 2 bridgehead atoms. The molecular weight excluding hydrogens is 1610 g/mol. The predicted octanol–water partition coefficient (Wildman–Crippen LogP) is 9.17. The molecule has 2 aromatic carbocycles. The van der Waals surface area contributed by atoms with Gasteiger partial charge in [-0.25, -0.2) is 24.2 Å². The maximum absolute atomic E-state index is 14.5. The number of ketones is 2. The Bertz CT molecular complexity index is 4510. The molecule has 6 aliphatic rings. The summed E-state index contributed by atoms with van der Waals surface area (Å²) >= 11 is 0. The number of oxazole rings is 1. The molecule has 1 saturated carbocycles. The number of Topliss-reactive ketones (excluding diaryl/α,β-unsaturated/α-hetero) is 2. The minimum absolute atomic E-state index is 0.0339. The maximum atomic E-state index is 14.5. The zero-order chi connectivity index (χ0) is 89.0. The van der Waals surface area contributed by atoms with Gasteiger partial charge >= 0.3 is 12.1 Å². The van der Waals surface area contributed by atoms with Crippen LogP contribution in [-0.2, 0) is 100 Å². The van der Waals surface area contributed by atoms with Crippen LogP contribution in [0.1, 0.15) is 173 Å². The second-order valence-electron chi connectivity index (χ2n) is 34.3. The summed E-state index contributed by atoms with van der Waals surface area (Å²) in [4.78, 5) is 115. The molecule has 10 atom stereocenters. The van der Waals surface area contributed by atoms with Crippen molar-refractivity contribution in [1.29, 1.82) is 0 Å². The van der Waals surface area contributed by atoms with E-state index in [0.717, 1.165) is 41.5 Å². The standard InChI is InChI=1S/C92H132N12O21/c1-60-14-9-8-10-15-62(3)76(114-6)56-72-16-13-32-92(113,125-72)83(108)86(109)103-36-12-11-17-74(103)87(110)122-70(25-18-61(2)53-64(5)81(107)82(115-7)80(106)63(4)52-60)26-20-65-21-27-71(28-22-65)123-90(112)101-38-33-91(95,34-39-101)88(111)96-35-41-117-43-45-119-47-49-121-51-50-120-48-46-118-44-42-116-40-31-77(105)102-37-30-67-54-66(19-23-69(67)58-102)57-104-85-78(84(93)97-59-98-85)79(100-104)68-24-29-75-73(55-68)99-89(94)124-75/h8-10,14-15,19,23-24,29,53-55,59-61,63,65,70-72,74,76,81-82,107,113H,11-13,16-18,20-22,25-28,30-52,56-58,95H2,1-7H3,(H2,94,99)(H,96,111)(H2,93,97,98)/b10-8?,14-9+,62-15?,64-53+/t60-,61+,63-,65?,70+,71?,72?,74+,76+,81-,82+,92-/m1/s1. The SMILES string of the molecule is CO[C@H]1CC2CCC[C@@](O)(O2)C(=O)C(=O)N2CCCC[C@H]2C(=O)O[C@H](CCC2CCC(OC(=O)N3CCC(N)(C(=O)NCCOCCOCCOCCOCCOCCOCCC(=O)N4CCc5cc(Cn6nc(-c7ccc8oc(N)nc8c7)c7c(N)ncnc76)ccc5C4)CC3)CC2)CC[C@H](C)/C=C(\C)[C@@H](O)[C@@H](OC)C(=O)[C@H](C)C[C@H](C)/C=C/C=CC=C1C. The molecular formula is C92H132N12O21. The Balaban J connectivity index is 0.518. The summed E-state index contributed by atoms with van der Waals surface area (Å²) in [7, 11) is 3.01. The van der Waals surface area contributed by atoms with Gasteiger partial charge in [-0.05, 0) is 187 Å². The average molecular weight is 1740 g/mol. The van der Waals surface area contributed by atoms with Gasteiger partial charge in [0.1, 0.15) is 53.8 Å². The largest absolute Gasteiger partial charge is 0.461 e. The van der Waals surface area contributed by atoms with Crippen molar-refractivity contribution in [3.05, 3.63) is 107 Å². The quantitative estimate of drug-likeness (QED) is 0.0104. The van der Waals surface area contributed by atoms with Gasteiger partial charge in [0.25, 0.3) is 17.7 Å². The highest BCUT2D eigenvalue weighted by Gasteiger charge is 2.50. The fourth-order valence-electron chi connectivity index (χ4n) is 17.6. The third-order valence-electron chi connectivity index (χ3n) is 24.9. The first kappa shape index (κ1) is 96.7. The first-order valence-corrected chi connectivity index (χ1v) is 44.7. The van der Waals surface area contributed by atoms with E-state index in [1.807, 2.05) is 85.9 Å². The highest BCUT2D eigenvalue weighted by atomic mass is 16.6. The van der Waals surface area contributed by atoms with Crippen LogP contribution in [0.4, 0.5) is 16.6 Å². The third-order valence-corrected chi connectivity index (χ3v) is 24.9. The van der Waals surface area contributed by atoms with Crippen molar-refractivity contribution in [1.82, 2.24) is 44.7 Å². The number of anilines is 2. The van der Waals surface area contributed by atoms with Crippen molar-refractivity contribution in [2.24, 2.45) is 29.4 Å². The minimum atomic E-state index is -2.39. The summed E-state index contributed by atoms with van der Waals surface area (Å²) < 4.78 is 71.4. The van der Waals surface area contributed by atoms with Gasteiger partial charge in [0.05, 0.1) is 115 Å². The molecule has 9 N–H and O–H groups in total. The van der Waals surface area contributed by atoms with Crippen LogP contribution in [0.15, 0.2) is 94.7 Å². The van der Waals surface area contributed by atoms with Gasteiger partial charge in [0.15, 0.2) is 17.0 Å². The van der Waals surface area contributed by atoms with Crippen LogP contribution < -0.4 is 22.5 Å². The van der Waals surface area contributed by atoms with Crippen molar-refractivity contribution >= 4 is 75.3 Å². The molecule has 4 fully saturated rings. The van der Waals surface area contributed by atoms with Crippen LogP contribution in [0.3, 0.4) is 0 Å². The highest BCUT2D eigenvalue weighted by molar-refractivity contribution is 6.39. The lowest BCUT2D eigenvalue weighted by Gasteiger charge is -2.39. The molecule has 4 amide bonds. The number of likely N-dealkylation sites (tertiary alicyclic amines) is 1. The number of hydrogen-bond acceptors (Lipinski definition) is 28. The van der Waals surface area contributed by atoms with Gasteiger partial charge in [-0.2, -0.15) is 10.1 Å². The zero-order valence-electron chi connectivity index (χ0n) is 73.9.